The summed E-state index contributed by atoms with van der Waals surface area (Å²) in [7, 11) is 1.53. The zero-order valence-corrected chi connectivity index (χ0v) is 16.3. The molecular formula is C20H19N3O4S. The van der Waals surface area contributed by atoms with Crippen molar-refractivity contribution in [1.29, 1.82) is 0 Å². The number of carbonyl (C=O) groups is 2. The lowest BCUT2D eigenvalue weighted by atomic mass is 9.76. The van der Waals surface area contributed by atoms with E-state index in [2.05, 4.69) is 15.3 Å². The average Bonchev–Trinajstić information content (AvgIpc) is 2.73. The number of methoxy groups -OCH3 is 1. The van der Waals surface area contributed by atoms with Crippen molar-refractivity contribution in [2.45, 2.75) is 24.3 Å². The average molecular weight is 397 g/mol. The van der Waals surface area contributed by atoms with Crippen molar-refractivity contribution in [2.75, 3.05) is 19.0 Å². The van der Waals surface area contributed by atoms with Crippen LogP contribution in [0, 0.1) is 5.92 Å². The molecule has 1 aliphatic carbocycles. The maximum Gasteiger partial charge on any atom is 0.310 e. The van der Waals surface area contributed by atoms with Gasteiger partial charge in [-0.25, -0.2) is 4.98 Å². The van der Waals surface area contributed by atoms with Gasteiger partial charge in [0, 0.05) is 12.1 Å². The van der Waals surface area contributed by atoms with Crippen LogP contribution < -0.4 is 10.1 Å². The second kappa shape index (κ2) is 7.63. The number of nitrogens with one attached hydrogen (secondary N) is 1. The molecule has 0 saturated carbocycles. The van der Waals surface area contributed by atoms with Crippen molar-refractivity contribution < 1.29 is 19.1 Å². The fraction of sp³-hybridized carbons (Fsp3) is 0.300. The molecule has 144 valence electrons. The van der Waals surface area contributed by atoms with Crippen molar-refractivity contribution in [2.24, 2.45) is 5.92 Å². The zero-order valence-electron chi connectivity index (χ0n) is 15.5. The van der Waals surface area contributed by atoms with Crippen LogP contribution in [-0.4, -0.2) is 35.4 Å². The molecule has 2 aromatic rings. The second-order valence-electron chi connectivity index (χ2n) is 6.41. The standard InChI is InChI=1S/C20H19N3O4S/c1-3-27-20(25)12-9-13-17(16(24)14(12)11-7-5-4-6-8-11)28-19-15(23-13)18(26-2)21-10-22-19/h4-8,10,12,14,23H,3,9H2,1-2H3/t12-,14-/m1/s1. The molecule has 0 saturated heterocycles. The molecule has 8 heteroatoms. The van der Waals surface area contributed by atoms with Crippen molar-refractivity contribution >= 4 is 29.2 Å². The predicted molar refractivity (Wildman–Crippen MR) is 104 cm³/mol. The van der Waals surface area contributed by atoms with Gasteiger partial charge in [-0.2, -0.15) is 4.98 Å². The van der Waals surface area contributed by atoms with Crippen LogP contribution in [0.5, 0.6) is 5.88 Å². The lowest BCUT2D eigenvalue weighted by molar-refractivity contribution is -0.150. The number of fused-ring (bicyclic) bond motifs is 1. The molecule has 0 fully saturated rings. The van der Waals surface area contributed by atoms with Crippen LogP contribution in [-0.2, 0) is 14.3 Å². The van der Waals surface area contributed by atoms with Gasteiger partial charge >= 0.3 is 5.97 Å². The van der Waals surface area contributed by atoms with Crippen molar-refractivity contribution in [3.8, 4) is 5.88 Å². The monoisotopic (exact) mass is 397 g/mol. The SMILES string of the molecule is CCOC(=O)[C@@H]1CC2=C(Sc3ncnc(OC)c3N2)C(=O)[C@@H]1c1ccccc1. The molecule has 0 unspecified atom stereocenters. The number of nitrogens with zero attached hydrogens (tertiary/aromatic N) is 2. The normalized spacial score (nSPS) is 20.7. The molecule has 1 aromatic heterocycles. The molecule has 2 atom stereocenters. The van der Waals surface area contributed by atoms with Gasteiger partial charge in [0.25, 0.3) is 0 Å². The lowest BCUT2D eigenvalue weighted by Crippen LogP contribution is -2.36. The highest BCUT2D eigenvalue weighted by Gasteiger charge is 2.45. The minimum absolute atomic E-state index is 0.105. The molecule has 0 bridgehead atoms. The highest BCUT2D eigenvalue weighted by atomic mass is 32.2. The van der Waals surface area contributed by atoms with E-state index in [0.717, 1.165) is 5.56 Å². The van der Waals surface area contributed by atoms with Gasteiger partial charge in [-0.05, 0) is 12.5 Å². The van der Waals surface area contributed by atoms with E-state index in [9.17, 15) is 9.59 Å². The number of benzene rings is 1. The summed E-state index contributed by atoms with van der Waals surface area (Å²) in [5, 5.41) is 3.85. The first-order valence-electron chi connectivity index (χ1n) is 8.96. The molecule has 2 heterocycles. The van der Waals surface area contributed by atoms with E-state index in [1.807, 2.05) is 30.3 Å². The van der Waals surface area contributed by atoms with Crippen LogP contribution >= 0.6 is 11.8 Å². The Morgan fingerprint density at radius 2 is 2.07 bits per heavy atom. The number of allylic oxidation sites excluding steroid dienone is 2. The molecule has 0 amide bonds. The van der Waals surface area contributed by atoms with Gasteiger partial charge in [-0.3, -0.25) is 9.59 Å². The number of aromatic nitrogens is 2. The predicted octanol–water partition coefficient (Wildman–Crippen LogP) is 3.15. The molecule has 1 aliphatic heterocycles. The molecule has 0 spiro atoms. The largest absolute Gasteiger partial charge is 0.479 e. The fourth-order valence-electron chi connectivity index (χ4n) is 3.58. The minimum atomic E-state index is -0.598. The maximum absolute atomic E-state index is 13.4. The summed E-state index contributed by atoms with van der Waals surface area (Å²) in [6.45, 7) is 2.03. The Hall–Kier alpha value is -2.87. The quantitative estimate of drug-likeness (QED) is 0.622. The summed E-state index contributed by atoms with van der Waals surface area (Å²) in [4.78, 5) is 35.1. The van der Waals surface area contributed by atoms with Gasteiger partial charge in [-0.15, -0.1) is 0 Å². The number of thioether (sulfide) groups is 1. The topological polar surface area (TPSA) is 90.4 Å². The molecular weight excluding hydrogens is 378 g/mol. The third kappa shape index (κ3) is 3.13. The maximum atomic E-state index is 13.4. The Bertz CT molecular complexity index is 961. The number of carbonyl (C=O) groups excluding carboxylic acids is 2. The summed E-state index contributed by atoms with van der Waals surface area (Å²) in [6.07, 6.45) is 1.77. The first-order valence-corrected chi connectivity index (χ1v) is 9.78. The molecule has 1 aromatic carbocycles. The van der Waals surface area contributed by atoms with Crippen LogP contribution in [0.4, 0.5) is 5.69 Å². The third-order valence-corrected chi connectivity index (χ3v) is 5.96. The van der Waals surface area contributed by atoms with E-state index in [0.29, 0.717) is 33.6 Å². The van der Waals surface area contributed by atoms with Crippen molar-refractivity contribution in [1.82, 2.24) is 9.97 Å². The van der Waals surface area contributed by atoms with E-state index in [1.165, 1.54) is 25.2 Å². The summed E-state index contributed by atoms with van der Waals surface area (Å²) in [5.41, 5.74) is 2.10. The van der Waals surface area contributed by atoms with Crippen molar-refractivity contribution in [3.63, 3.8) is 0 Å². The molecule has 2 aliphatic rings. The number of ether oxygens (including phenoxy) is 2. The third-order valence-electron chi connectivity index (χ3n) is 4.80. The Labute approximate surface area is 166 Å². The first kappa shape index (κ1) is 18.5. The van der Waals surface area contributed by atoms with Gasteiger partial charge in [0.1, 0.15) is 17.0 Å². The smallest absolute Gasteiger partial charge is 0.310 e. The van der Waals surface area contributed by atoms with Gasteiger partial charge in [0.05, 0.1) is 30.5 Å². The molecule has 4 rings (SSSR count). The van der Waals surface area contributed by atoms with E-state index in [4.69, 9.17) is 9.47 Å². The first-order chi connectivity index (χ1) is 13.6. The number of anilines is 1. The van der Waals surface area contributed by atoms with Crippen LogP contribution in [0.2, 0.25) is 0 Å². The number of esters is 1. The van der Waals surface area contributed by atoms with Crippen LogP contribution in [0.15, 0.2) is 52.3 Å². The Kier molecular flexibility index (Phi) is 5.04. The van der Waals surface area contributed by atoms with E-state index >= 15 is 0 Å². The summed E-state index contributed by atoms with van der Waals surface area (Å²) in [5.74, 6) is -1.26. The Balaban J connectivity index is 1.76. The van der Waals surface area contributed by atoms with Crippen molar-refractivity contribution in [3.05, 3.63) is 52.8 Å². The van der Waals surface area contributed by atoms with E-state index in [-0.39, 0.29) is 18.4 Å². The highest BCUT2D eigenvalue weighted by molar-refractivity contribution is 8.04. The number of Topliss-reactive ketones (excluding diaryl/α,β-unsaturated/α-hetero) is 1. The van der Waals surface area contributed by atoms with Crippen LogP contribution in [0.25, 0.3) is 0 Å². The van der Waals surface area contributed by atoms with E-state index < -0.39 is 11.8 Å². The van der Waals surface area contributed by atoms with Gasteiger partial charge in [0.15, 0.2) is 5.78 Å². The number of hydrogen-bond acceptors (Lipinski definition) is 8. The number of rotatable bonds is 4. The minimum Gasteiger partial charge on any atom is -0.479 e. The summed E-state index contributed by atoms with van der Waals surface area (Å²) < 4.78 is 10.6. The number of hydrogen-bond donors (Lipinski definition) is 1. The highest BCUT2D eigenvalue weighted by Crippen LogP contribution is 2.50. The molecule has 7 nitrogen and oxygen atoms in total. The molecule has 0 radical (unpaired) electrons. The van der Waals surface area contributed by atoms with Gasteiger partial charge in [-0.1, -0.05) is 42.1 Å². The lowest BCUT2D eigenvalue weighted by Gasteiger charge is -2.34. The zero-order chi connectivity index (χ0) is 19.7. The molecule has 1 N–H and O–H groups in total. The summed E-state index contributed by atoms with van der Waals surface area (Å²) in [6, 6.07) is 9.38. The van der Waals surface area contributed by atoms with Crippen LogP contribution in [0.3, 0.4) is 0 Å². The fourth-order valence-corrected chi connectivity index (χ4v) is 4.60. The molecule has 28 heavy (non-hydrogen) atoms. The van der Waals surface area contributed by atoms with E-state index in [1.54, 1.807) is 6.92 Å². The van der Waals surface area contributed by atoms with Gasteiger partial charge < -0.3 is 14.8 Å². The summed E-state index contributed by atoms with van der Waals surface area (Å²) >= 11 is 1.29. The Morgan fingerprint density at radius 3 is 2.79 bits per heavy atom. The van der Waals surface area contributed by atoms with Gasteiger partial charge in [0.2, 0.25) is 5.88 Å². The number of ketones is 1. The van der Waals surface area contributed by atoms with Crippen LogP contribution in [0.1, 0.15) is 24.8 Å². The second-order valence-corrected chi connectivity index (χ2v) is 7.41. The Morgan fingerprint density at radius 1 is 1.29 bits per heavy atom.